The van der Waals surface area contributed by atoms with Crippen LogP contribution in [0.25, 0.3) is 0 Å². The number of hydrogen-bond donors (Lipinski definition) is 1. The summed E-state index contributed by atoms with van der Waals surface area (Å²) in [6, 6.07) is 0.511. The van der Waals surface area contributed by atoms with E-state index < -0.39 is 11.4 Å². The summed E-state index contributed by atoms with van der Waals surface area (Å²) in [4.78, 5) is 28.1. The van der Waals surface area contributed by atoms with Gasteiger partial charge in [-0.2, -0.15) is 0 Å². The van der Waals surface area contributed by atoms with Crippen LogP contribution in [-0.2, 0) is 9.59 Å². The second-order valence-electron chi connectivity index (χ2n) is 6.41. The van der Waals surface area contributed by atoms with Gasteiger partial charge >= 0.3 is 5.97 Å². The van der Waals surface area contributed by atoms with Crippen molar-refractivity contribution in [3.8, 4) is 0 Å². The molecular weight excluding hydrogens is 268 g/mol. The normalized spacial score (nSPS) is 25.0. The molecule has 5 heteroatoms. The summed E-state index contributed by atoms with van der Waals surface area (Å²) in [6.07, 6.45) is 8.81. The molecule has 2 rings (SSSR count). The van der Waals surface area contributed by atoms with Crippen molar-refractivity contribution in [2.45, 2.75) is 44.6 Å². The minimum Gasteiger partial charge on any atom is -0.480 e. The van der Waals surface area contributed by atoms with E-state index in [-0.39, 0.29) is 5.91 Å². The average molecular weight is 294 g/mol. The average Bonchev–Trinajstić information content (AvgIpc) is 2.96. The SMILES string of the molecule is CN(CCC1CCCCN1C)C(=O)C1(C(=O)O)CC=CC1. The Hall–Kier alpha value is -1.36. The molecule has 2 aliphatic rings. The van der Waals surface area contributed by atoms with Crippen molar-refractivity contribution < 1.29 is 14.7 Å². The first-order chi connectivity index (χ1) is 9.97. The second-order valence-corrected chi connectivity index (χ2v) is 6.41. The van der Waals surface area contributed by atoms with Crippen LogP contribution in [0, 0.1) is 5.41 Å². The molecule has 1 saturated heterocycles. The molecule has 1 fully saturated rings. The lowest BCUT2D eigenvalue weighted by Crippen LogP contribution is -2.47. The largest absolute Gasteiger partial charge is 0.480 e. The van der Waals surface area contributed by atoms with E-state index in [2.05, 4.69) is 11.9 Å². The van der Waals surface area contributed by atoms with Crippen molar-refractivity contribution >= 4 is 11.9 Å². The van der Waals surface area contributed by atoms with Gasteiger partial charge in [0, 0.05) is 19.6 Å². The highest BCUT2D eigenvalue weighted by Crippen LogP contribution is 2.35. The molecule has 0 aromatic carbocycles. The Labute approximate surface area is 126 Å². The minimum atomic E-state index is -1.26. The summed E-state index contributed by atoms with van der Waals surface area (Å²) in [5, 5.41) is 9.45. The van der Waals surface area contributed by atoms with E-state index in [1.807, 2.05) is 0 Å². The maximum atomic E-state index is 12.6. The predicted octanol–water partition coefficient (Wildman–Crippen LogP) is 1.74. The van der Waals surface area contributed by atoms with Crippen LogP contribution in [0.15, 0.2) is 12.2 Å². The molecular formula is C16H26N2O3. The molecule has 1 N–H and O–H groups in total. The lowest BCUT2D eigenvalue weighted by atomic mass is 9.84. The molecule has 1 atom stereocenters. The molecule has 1 amide bonds. The number of aliphatic carboxylic acids is 1. The number of allylic oxidation sites excluding steroid dienone is 2. The van der Waals surface area contributed by atoms with E-state index in [0.717, 1.165) is 13.0 Å². The van der Waals surface area contributed by atoms with Crippen molar-refractivity contribution in [3.63, 3.8) is 0 Å². The van der Waals surface area contributed by atoms with Crippen LogP contribution in [0.5, 0.6) is 0 Å². The van der Waals surface area contributed by atoms with E-state index in [1.165, 1.54) is 19.3 Å². The highest BCUT2D eigenvalue weighted by Gasteiger charge is 2.47. The summed E-state index contributed by atoms with van der Waals surface area (Å²) in [6.45, 7) is 1.74. The van der Waals surface area contributed by atoms with Gasteiger partial charge in [0.05, 0.1) is 0 Å². The Kier molecular flexibility index (Phi) is 5.04. The number of hydrogen-bond acceptors (Lipinski definition) is 3. The van der Waals surface area contributed by atoms with Gasteiger partial charge in [0.2, 0.25) is 5.91 Å². The molecule has 0 bridgehead atoms. The van der Waals surface area contributed by atoms with Gasteiger partial charge in [0.25, 0.3) is 0 Å². The smallest absolute Gasteiger partial charge is 0.319 e. The number of rotatable bonds is 5. The summed E-state index contributed by atoms with van der Waals surface area (Å²) in [5.74, 6) is -1.25. The highest BCUT2D eigenvalue weighted by molar-refractivity contribution is 6.02. The molecule has 1 aliphatic carbocycles. The molecule has 0 saturated carbocycles. The molecule has 21 heavy (non-hydrogen) atoms. The number of amides is 1. The first kappa shape index (κ1) is 16.0. The van der Waals surface area contributed by atoms with E-state index in [4.69, 9.17) is 0 Å². The number of carbonyl (C=O) groups excluding carboxylic acids is 1. The van der Waals surface area contributed by atoms with E-state index >= 15 is 0 Å². The molecule has 0 spiro atoms. The molecule has 1 heterocycles. The van der Waals surface area contributed by atoms with Crippen molar-refractivity contribution in [1.82, 2.24) is 9.80 Å². The Balaban J connectivity index is 1.91. The first-order valence-electron chi connectivity index (χ1n) is 7.81. The van der Waals surface area contributed by atoms with Gasteiger partial charge in [-0.05, 0) is 45.7 Å². The number of carbonyl (C=O) groups is 2. The number of carboxylic acids is 1. The zero-order chi connectivity index (χ0) is 15.5. The quantitative estimate of drug-likeness (QED) is 0.620. The molecule has 0 aromatic rings. The van der Waals surface area contributed by atoms with Gasteiger partial charge in [-0.15, -0.1) is 0 Å². The Morgan fingerprint density at radius 2 is 2.00 bits per heavy atom. The maximum Gasteiger partial charge on any atom is 0.319 e. The molecule has 5 nitrogen and oxygen atoms in total. The Bertz CT molecular complexity index is 425. The maximum absolute atomic E-state index is 12.6. The number of piperidine rings is 1. The summed E-state index contributed by atoms with van der Waals surface area (Å²) in [5.41, 5.74) is -1.26. The van der Waals surface area contributed by atoms with Gasteiger partial charge in [-0.3, -0.25) is 9.59 Å². The fourth-order valence-corrected chi connectivity index (χ4v) is 3.41. The standard InChI is InChI=1S/C16H26N2O3/c1-17-11-6-3-7-13(17)8-12-18(2)14(19)16(15(20)21)9-4-5-10-16/h4-5,13H,3,6-12H2,1-2H3,(H,20,21). The van der Waals surface area contributed by atoms with Crippen LogP contribution in [-0.4, -0.2) is 60.0 Å². The fraction of sp³-hybridized carbons (Fsp3) is 0.750. The summed E-state index contributed by atoms with van der Waals surface area (Å²) >= 11 is 0. The highest BCUT2D eigenvalue weighted by atomic mass is 16.4. The van der Waals surface area contributed by atoms with Gasteiger partial charge in [-0.1, -0.05) is 18.6 Å². The molecule has 0 aromatic heterocycles. The van der Waals surface area contributed by atoms with Crippen molar-refractivity contribution in [1.29, 1.82) is 0 Å². The van der Waals surface area contributed by atoms with E-state index in [9.17, 15) is 14.7 Å². The number of nitrogens with zero attached hydrogens (tertiary/aromatic N) is 2. The zero-order valence-corrected chi connectivity index (χ0v) is 13.0. The topological polar surface area (TPSA) is 60.9 Å². The van der Waals surface area contributed by atoms with E-state index in [1.54, 1.807) is 24.1 Å². The zero-order valence-electron chi connectivity index (χ0n) is 13.0. The van der Waals surface area contributed by atoms with Gasteiger partial charge in [0.1, 0.15) is 0 Å². The third kappa shape index (κ3) is 3.28. The van der Waals surface area contributed by atoms with Crippen LogP contribution >= 0.6 is 0 Å². The van der Waals surface area contributed by atoms with Crippen LogP contribution in [0.1, 0.15) is 38.5 Å². The van der Waals surface area contributed by atoms with E-state index in [0.29, 0.717) is 25.4 Å². The first-order valence-corrected chi connectivity index (χ1v) is 7.81. The van der Waals surface area contributed by atoms with Crippen LogP contribution in [0.4, 0.5) is 0 Å². The van der Waals surface area contributed by atoms with Crippen molar-refractivity contribution in [3.05, 3.63) is 12.2 Å². The monoisotopic (exact) mass is 294 g/mol. The van der Waals surface area contributed by atoms with Gasteiger partial charge in [0.15, 0.2) is 5.41 Å². The third-order valence-electron chi connectivity index (χ3n) is 4.98. The summed E-state index contributed by atoms with van der Waals surface area (Å²) in [7, 11) is 3.86. The van der Waals surface area contributed by atoms with Crippen molar-refractivity contribution in [2.75, 3.05) is 27.2 Å². The molecule has 1 unspecified atom stereocenters. The van der Waals surface area contributed by atoms with Crippen LogP contribution in [0.2, 0.25) is 0 Å². The van der Waals surface area contributed by atoms with Crippen LogP contribution in [0.3, 0.4) is 0 Å². The summed E-state index contributed by atoms with van der Waals surface area (Å²) < 4.78 is 0. The molecule has 0 radical (unpaired) electrons. The fourth-order valence-electron chi connectivity index (χ4n) is 3.41. The lowest BCUT2D eigenvalue weighted by molar-refractivity contribution is -0.159. The van der Waals surface area contributed by atoms with Gasteiger partial charge in [-0.25, -0.2) is 0 Å². The Morgan fingerprint density at radius 3 is 2.57 bits per heavy atom. The Morgan fingerprint density at radius 1 is 1.33 bits per heavy atom. The third-order valence-corrected chi connectivity index (χ3v) is 4.98. The van der Waals surface area contributed by atoms with Crippen molar-refractivity contribution in [2.24, 2.45) is 5.41 Å². The molecule has 118 valence electrons. The van der Waals surface area contributed by atoms with Gasteiger partial charge < -0.3 is 14.9 Å². The lowest BCUT2D eigenvalue weighted by Gasteiger charge is -2.35. The minimum absolute atomic E-state index is 0.251. The van der Waals surface area contributed by atoms with Crippen LogP contribution < -0.4 is 0 Å². The molecule has 1 aliphatic heterocycles. The second kappa shape index (κ2) is 6.60. The number of carboxylic acid groups (broad SMARTS) is 1. The number of likely N-dealkylation sites (tertiary alicyclic amines) is 1. The predicted molar refractivity (Wildman–Crippen MR) is 81.0 cm³/mol.